The normalized spacial score (nSPS) is 15.6. The molecule has 1 aromatic carbocycles. The smallest absolute Gasteiger partial charge is 0.270 e. The van der Waals surface area contributed by atoms with Gasteiger partial charge in [0.25, 0.3) is 5.91 Å². The van der Waals surface area contributed by atoms with Gasteiger partial charge in [0.2, 0.25) is 0 Å². The van der Waals surface area contributed by atoms with Crippen LogP contribution in [0.4, 0.5) is 10.2 Å². The lowest BCUT2D eigenvalue weighted by Gasteiger charge is -2.23. The Morgan fingerprint density at radius 2 is 2.03 bits per heavy atom. The maximum atomic E-state index is 14.0. The molecule has 0 saturated carbocycles. The minimum atomic E-state index is -0.289. The zero-order valence-electron chi connectivity index (χ0n) is 17.8. The van der Waals surface area contributed by atoms with E-state index in [-0.39, 0.29) is 17.8 Å². The molecule has 6 nitrogen and oxygen atoms in total. The minimum absolute atomic E-state index is 0.272. The highest BCUT2D eigenvalue weighted by molar-refractivity contribution is 5.95. The lowest BCUT2D eigenvalue weighted by Crippen LogP contribution is -2.29. The van der Waals surface area contributed by atoms with Crippen LogP contribution in [0.15, 0.2) is 42.6 Å². The van der Waals surface area contributed by atoms with Crippen LogP contribution in [0, 0.1) is 12.7 Å². The first-order valence-electron chi connectivity index (χ1n) is 10.7. The van der Waals surface area contributed by atoms with Crippen molar-refractivity contribution in [2.45, 2.75) is 45.2 Å². The Bertz CT molecular complexity index is 1080. The van der Waals surface area contributed by atoms with Crippen LogP contribution >= 0.6 is 0 Å². The van der Waals surface area contributed by atoms with Gasteiger partial charge in [-0.05, 0) is 55.5 Å². The summed E-state index contributed by atoms with van der Waals surface area (Å²) >= 11 is 0. The minimum Gasteiger partial charge on any atom is -0.381 e. The second kappa shape index (κ2) is 9.39. The van der Waals surface area contributed by atoms with Crippen molar-refractivity contribution in [3.8, 4) is 0 Å². The van der Waals surface area contributed by atoms with Gasteiger partial charge in [-0.3, -0.25) is 4.79 Å². The standard InChI is InChI=1S/C24H27FN4O2/c1-3-20(16-5-4-15(2)19(25)12-16)29-24(30)21-7-6-17-14-26-23(13-22(17)28-21)27-18-8-10-31-11-9-18/h4-7,12-14,18,20H,3,8-11H2,1-2H3,(H,26,27)(H,29,30)/t20-/m1/s1. The highest BCUT2D eigenvalue weighted by Crippen LogP contribution is 2.21. The lowest BCUT2D eigenvalue weighted by atomic mass is 10.0. The fourth-order valence-corrected chi connectivity index (χ4v) is 3.75. The van der Waals surface area contributed by atoms with Gasteiger partial charge in [-0.1, -0.05) is 19.1 Å². The summed E-state index contributed by atoms with van der Waals surface area (Å²) in [5, 5.41) is 7.27. The number of hydrogen-bond donors (Lipinski definition) is 2. The number of amides is 1. The summed E-state index contributed by atoms with van der Waals surface area (Å²) in [5.74, 6) is 0.183. The Morgan fingerprint density at radius 3 is 2.77 bits per heavy atom. The van der Waals surface area contributed by atoms with Crippen molar-refractivity contribution in [1.82, 2.24) is 15.3 Å². The van der Waals surface area contributed by atoms with Gasteiger partial charge in [-0.2, -0.15) is 0 Å². The number of fused-ring (bicyclic) bond motifs is 1. The molecule has 1 amide bonds. The number of carbonyl (C=O) groups is 1. The van der Waals surface area contributed by atoms with Crippen LogP contribution in [0.1, 0.15) is 53.8 Å². The summed E-state index contributed by atoms with van der Waals surface area (Å²) in [6.07, 6.45) is 4.28. The van der Waals surface area contributed by atoms with Crippen molar-refractivity contribution in [3.05, 3.63) is 65.2 Å². The SMILES string of the molecule is CC[C@@H](NC(=O)c1ccc2cnc(NC3CCOCC3)cc2n1)c1ccc(C)c(F)c1. The third-order valence-electron chi connectivity index (χ3n) is 5.69. The Labute approximate surface area is 181 Å². The van der Waals surface area contributed by atoms with Crippen LogP contribution in [-0.2, 0) is 4.74 Å². The Kier molecular flexibility index (Phi) is 6.42. The van der Waals surface area contributed by atoms with Crippen molar-refractivity contribution in [1.29, 1.82) is 0 Å². The number of pyridine rings is 2. The first kappa shape index (κ1) is 21.2. The van der Waals surface area contributed by atoms with E-state index in [2.05, 4.69) is 20.6 Å². The van der Waals surface area contributed by atoms with Crippen molar-refractivity contribution in [2.24, 2.45) is 0 Å². The van der Waals surface area contributed by atoms with Crippen LogP contribution in [0.25, 0.3) is 10.9 Å². The van der Waals surface area contributed by atoms with E-state index in [0.717, 1.165) is 42.8 Å². The van der Waals surface area contributed by atoms with Crippen molar-refractivity contribution < 1.29 is 13.9 Å². The molecule has 31 heavy (non-hydrogen) atoms. The zero-order valence-corrected chi connectivity index (χ0v) is 17.8. The number of hydrogen-bond acceptors (Lipinski definition) is 5. The van der Waals surface area contributed by atoms with E-state index in [1.54, 1.807) is 25.3 Å². The average molecular weight is 423 g/mol. The third kappa shape index (κ3) is 4.99. The Hall–Kier alpha value is -3.06. The molecule has 0 radical (unpaired) electrons. The molecule has 3 heterocycles. The van der Waals surface area contributed by atoms with Gasteiger partial charge in [0.05, 0.1) is 11.6 Å². The van der Waals surface area contributed by atoms with Gasteiger partial charge in [0.15, 0.2) is 0 Å². The maximum absolute atomic E-state index is 14.0. The molecule has 1 aliphatic rings. The molecule has 0 bridgehead atoms. The fourth-order valence-electron chi connectivity index (χ4n) is 3.75. The summed E-state index contributed by atoms with van der Waals surface area (Å²) in [5.41, 5.74) is 2.35. The average Bonchev–Trinajstić information content (AvgIpc) is 2.79. The van der Waals surface area contributed by atoms with E-state index in [0.29, 0.717) is 29.2 Å². The van der Waals surface area contributed by atoms with Crippen LogP contribution in [0.5, 0.6) is 0 Å². The molecule has 3 aromatic rings. The molecule has 1 aliphatic heterocycles. The van der Waals surface area contributed by atoms with Crippen LogP contribution < -0.4 is 10.6 Å². The molecule has 0 spiro atoms. The van der Waals surface area contributed by atoms with Crippen molar-refractivity contribution in [3.63, 3.8) is 0 Å². The highest BCUT2D eigenvalue weighted by Gasteiger charge is 2.17. The number of benzene rings is 1. The van der Waals surface area contributed by atoms with E-state index in [1.165, 1.54) is 6.07 Å². The molecular weight excluding hydrogens is 395 g/mol. The Balaban J connectivity index is 1.51. The number of aromatic nitrogens is 2. The van der Waals surface area contributed by atoms with Crippen molar-refractivity contribution in [2.75, 3.05) is 18.5 Å². The number of nitrogens with zero attached hydrogens (tertiary/aromatic N) is 2. The zero-order chi connectivity index (χ0) is 21.8. The topological polar surface area (TPSA) is 76.1 Å². The van der Waals surface area contributed by atoms with E-state index < -0.39 is 0 Å². The first-order chi connectivity index (χ1) is 15.0. The molecule has 2 N–H and O–H groups in total. The van der Waals surface area contributed by atoms with E-state index in [1.807, 2.05) is 25.1 Å². The molecule has 4 rings (SSSR count). The molecule has 1 saturated heterocycles. The number of carbonyl (C=O) groups excluding carboxylic acids is 1. The molecular formula is C24H27FN4O2. The first-order valence-corrected chi connectivity index (χ1v) is 10.7. The van der Waals surface area contributed by atoms with Crippen LogP contribution in [0.2, 0.25) is 0 Å². The number of halogens is 1. The van der Waals surface area contributed by atoms with E-state index >= 15 is 0 Å². The number of rotatable bonds is 6. The van der Waals surface area contributed by atoms with Gasteiger partial charge in [-0.15, -0.1) is 0 Å². The predicted octanol–water partition coefficient (Wildman–Crippen LogP) is 4.55. The van der Waals surface area contributed by atoms with Gasteiger partial charge in [-0.25, -0.2) is 14.4 Å². The number of ether oxygens (including phenoxy) is 1. The van der Waals surface area contributed by atoms with Gasteiger partial charge in [0, 0.05) is 36.9 Å². The predicted molar refractivity (Wildman–Crippen MR) is 119 cm³/mol. The number of aryl methyl sites for hydroxylation is 1. The quantitative estimate of drug-likeness (QED) is 0.610. The molecule has 1 atom stereocenters. The summed E-state index contributed by atoms with van der Waals surface area (Å²) in [6.45, 7) is 5.17. The number of nitrogens with one attached hydrogen (secondary N) is 2. The summed E-state index contributed by atoms with van der Waals surface area (Å²) in [4.78, 5) is 21.9. The summed E-state index contributed by atoms with van der Waals surface area (Å²) in [6, 6.07) is 10.5. The molecule has 7 heteroatoms. The second-order valence-electron chi connectivity index (χ2n) is 7.93. The van der Waals surface area contributed by atoms with E-state index in [9.17, 15) is 9.18 Å². The molecule has 0 unspecified atom stereocenters. The van der Waals surface area contributed by atoms with Gasteiger partial charge >= 0.3 is 0 Å². The fraction of sp³-hybridized carbons (Fsp3) is 0.375. The molecule has 1 fully saturated rings. The largest absolute Gasteiger partial charge is 0.381 e. The maximum Gasteiger partial charge on any atom is 0.270 e. The number of anilines is 1. The van der Waals surface area contributed by atoms with Crippen LogP contribution in [0.3, 0.4) is 0 Å². The van der Waals surface area contributed by atoms with Crippen molar-refractivity contribution >= 4 is 22.6 Å². The molecule has 162 valence electrons. The Morgan fingerprint density at radius 1 is 1.23 bits per heavy atom. The van der Waals surface area contributed by atoms with E-state index in [4.69, 9.17) is 4.74 Å². The van der Waals surface area contributed by atoms with Gasteiger partial charge in [0.1, 0.15) is 17.3 Å². The summed E-state index contributed by atoms with van der Waals surface area (Å²) in [7, 11) is 0. The molecule has 2 aromatic heterocycles. The monoisotopic (exact) mass is 422 g/mol. The summed E-state index contributed by atoms with van der Waals surface area (Å²) < 4.78 is 19.4. The highest BCUT2D eigenvalue weighted by atomic mass is 19.1. The van der Waals surface area contributed by atoms with Crippen LogP contribution in [-0.4, -0.2) is 35.1 Å². The molecule has 0 aliphatic carbocycles. The van der Waals surface area contributed by atoms with Gasteiger partial charge < -0.3 is 15.4 Å². The third-order valence-corrected chi connectivity index (χ3v) is 5.69. The second-order valence-corrected chi connectivity index (χ2v) is 7.93. The lowest BCUT2D eigenvalue weighted by molar-refractivity contribution is 0.0903.